The molecular formula is C21H20ClF3N5O2+. The zero-order valence-corrected chi connectivity index (χ0v) is 17.7. The van der Waals surface area contributed by atoms with Crippen molar-refractivity contribution in [1.82, 2.24) is 9.88 Å². The van der Waals surface area contributed by atoms with Crippen LogP contribution in [0.15, 0.2) is 47.6 Å². The molecule has 2 aromatic rings. The van der Waals surface area contributed by atoms with Crippen molar-refractivity contribution in [2.45, 2.75) is 19.5 Å². The molecule has 0 radical (unpaired) electrons. The van der Waals surface area contributed by atoms with Gasteiger partial charge in [-0.15, -0.1) is 0 Å². The minimum absolute atomic E-state index is 0.000138. The number of pyridine rings is 1. The molecule has 32 heavy (non-hydrogen) atoms. The second kappa shape index (κ2) is 9.39. The minimum Gasteiger partial charge on any atom is -0.578 e. The third-order valence-corrected chi connectivity index (χ3v) is 4.95. The van der Waals surface area contributed by atoms with E-state index in [0.29, 0.717) is 29.2 Å². The average molecular weight is 467 g/mol. The zero-order chi connectivity index (χ0) is 23.5. The Morgan fingerprint density at radius 3 is 2.53 bits per heavy atom. The molecule has 2 amide bonds. The highest BCUT2D eigenvalue weighted by molar-refractivity contribution is 6.32. The van der Waals surface area contributed by atoms with Gasteiger partial charge in [0.05, 0.1) is 16.3 Å². The van der Waals surface area contributed by atoms with Crippen molar-refractivity contribution >= 4 is 40.6 Å². The van der Waals surface area contributed by atoms with Gasteiger partial charge in [0, 0.05) is 25.0 Å². The second-order valence-electron chi connectivity index (χ2n) is 7.03. The summed E-state index contributed by atoms with van der Waals surface area (Å²) in [6.07, 6.45) is -0.687. The van der Waals surface area contributed by atoms with Gasteiger partial charge in [-0.25, -0.2) is 4.79 Å². The maximum atomic E-state index is 12.6. The van der Waals surface area contributed by atoms with E-state index in [9.17, 15) is 18.0 Å². The third-order valence-electron chi connectivity index (χ3n) is 4.66. The summed E-state index contributed by atoms with van der Waals surface area (Å²) in [6.45, 7) is 2.11. The number of urea groups is 1. The van der Waals surface area contributed by atoms with Crippen molar-refractivity contribution < 1.29 is 23.1 Å². The quantitative estimate of drug-likeness (QED) is 0.393. The molecule has 0 aliphatic carbocycles. The largest absolute Gasteiger partial charge is 0.578 e. The monoisotopic (exact) mass is 466 g/mol. The van der Waals surface area contributed by atoms with E-state index in [1.807, 2.05) is 0 Å². The van der Waals surface area contributed by atoms with E-state index in [0.717, 1.165) is 17.7 Å². The van der Waals surface area contributed by atoms with Gasteiger partial charge in [0.25, 0.3) is 0 Å². The number of nitrogens with one attached hydrogen (secondary N) is 2. The van der Waals surface area contributed by atoms with Gasteiger partial charge in [-0.3, -0.25) is 10.4 Å². The Morgan fingerprint density at radius 1 is 1.31 bits per heavy atom. The molecule has 1 aliphatic rings. The Kier molecular flexibility index (Phi) is 6.83. The van der Waals surface area contributed by atoms with Crippen LogP contribution in [-0.2, 0) is 6.18 Å². The van der Waals surface area contributed by atoms with E-state index in [-0.39, 0.29) is 24.0 Å². The van der Waals surface area contributed by atoms with Crippen LogP contribution in [0.5, 0.6) is 0 Å². The molecule has 1 aromatic heterocycles. The average Bonchev–Trinajstić information content (AvgIpc) is 2.73. The molecule has 0 saturated heterocycles. The molecule has 3 rings (SSSR count). The first-order chi connectivity index (χ1) is 15.0. The smallest absolute Gasteiger partial charge is 0.416 e. The van der Waals surface area contributed by atoms with Gasteiger partial charge in [-0.2, -0.15) is 18.2 Å². The summed E-state index contributed by atoms with van der Waals surface area (Å²) in [7, 11) is 0. The molecule has 0 spiro atoms. The summed E-state index contributed by atoms with van der Waals surface area (Å²) in [4.78, 5) is 22.0. The number of anilines is 1. The molecule has 11 heteroatoms. The summed E-state index contributed by atoms with van der Waals surface area (Å²) in [5.74, 6) is -0.109. The Morgan fingerprint density at radius 2 is 2.00 bits per heavy atom. The molecule has 0 bridgehead atoms. The minimum atomic E-state index is -4.43. The molecule has 1 aliphatic heterocycles. The third kappa shape index (κ3) is 5.64. The Hall–Kier alpha value is -3.40. The highest BCUT2D eigenvalue weighted by Gasteiger charge is 2.30. The molecule has 0 fully saturated rings. The number of hydrogen-bond acceptors (Lipinski definition) is 3. The number of rotatable bonds is 3. The van der Waals surface area contributed by atoms with E-state index in [2.05, 4.69) is 15.3 Å². The van der Waals surface area contributed by atoms with Gasteiger partial charge in [0.15, 0.2) is 0 Å². The van der Waals surface area contributed by atoms with Crippen LogP contribution in [0.2, 0.25) is 5.02 Å². The Balaban J connectivity index is 1.65. The van der Waals surface area contributed by atoms with Gasteiger partial charge >= 0.3 is 18.1 Å². The van der Waals surface area contributed by atoms with E-state index in [1.165, 1.54) is 30.2 Å². The van der Waals surface area contributed by atoms with Crippen LogP contribution in [0.25, 0.3) is 5.57 Å². The topological polar surface area (TPSA) is 104 Å². The molecule has 0 saturated carbocycles. The van der Waals surface area contributed by atoms with E-state index in [1.54, 1.807) is 12.1 Å². The zero-order valence-electron chi connectivity index (χ0n) is 16.9. The summed E-state index contributed by atoms with van der Waals surface area (Å²) < 4.78 is 37.9. The van der Waals surface area contributed by atoms with Crippen molar-refractivity contribution in [1.29, 1.82) is 5.41 Å². The first-order valence-corrected chi connectivity index (χ1v) is 9.86. The van der Waals surface area contributed by atoms with E-state index in [4.69, 9.17) is 22.1 Å². The molecule has 7 nitrogen and oxygen atoms in total. The second-order valence-corrected chi connectivity index (χ2v) is 7.44. The number of halogens is 4. The fourth-order valence-electron chi connectivity index (χ4n) is 3.05. The van der Waals surface area contributed by atoms with Crippen LogP contribution < -0.4 is 5.32 Å². The van der Waals surface area contributed by atoms with Crippen LogP contribution >= 0.6 is 11.6 Å². The van der Waals surface area contributed by atoms with Gasteiger partial charge in [-0.05, 0) is 49.2 Å². The van der Waals surface area contributed by atoms with Gasteiger partial charge in [0.1, 0.15) is 11.4 Å². The fraction of sp³-hybridized carbons (Fsp3) is 0.238. The summed E-state index contributed by atoms with van der Waals surface area (Å²) in [6, 6.07) is 5.38. The molecule has 1 aromatic carbocycles. The Labute approximate surface area is 186 Å². The first kappa shape index (κ1) is 23.3. The standard InChI is InChI=1S/C21H19ClF3N5O2/c1-12(26)28-19(31)14-10-17(22)18(27-11-14)13-6-8-30(9-7-13)20(32)29-16-4-2-15(3-5-16)21(23,24)25/h2-6,10-11H,7-9H2,1H3,(H,29,32)(H2,26,28,31)/p+1. The highest BCUT2D eigenvalue weighted by Crippen LogP contribution is 2.30. The van der Waals surface area contributed by atoms with Crippen molar-refractivity contribution in [3.8, 4) is 0 Å². The predicted octanol–water partition coefficient (Wildman–Crippen LogP) is 4.54. The first-order valence-electron chi connectivity index (χ1n) is 9.48. The number of benzene rings is 1. The number of aromatic nitrogens is 1. The number of nitrogens with zero attached hydrogens (tertiary/aromatic N) is 3. The molecule has 168 valence electrons. The molecule has 4 N–H and O–H groups in total. The van der Waals surface area contributed by atoms with Crippen molar-refractivity contribution in [3.05, 3.63) is 64.4 Å². The van der Waals surface area contributed by atoms with Crippen LogP contribution in [0, 0.1) is 5.41 Å². The molecule has 0 atom stereocenters. The van der Waals surface area contributed by atoms with Crippen molar-refractivity contribution in [3.63, 3.8) is 0 Å². The number of hydrogen-bond donors (Lipinski definition) is 2. The number of aliphatic imine (C=N–C) groups is 1. The van der Waals surface area contributed by atoms with Crippen LogP contribution in [-0.4, -0.2) is 45.8 Å². The van der Waals surface area contributed by atoms with E-state index < -0.39 is 17.8 Å². The lowest BCUT2D eigenvalue weighted by Crippen LogP contribution is -2.38. The maximum absolute atomic E-state index is 12.6. The number of amidine groups is 1. The lowest BCUT2D eigenvalue weighted by Gasteiger charge is -2.27. The highest BCUT2D eigenvalue weighted by atomic mass is 35.5. The van der Waals surface area contributed by atoms with E-state index >= 15 is 0 Å². The van der Waals surface area contributed by atoms with Gasteiger partial charge in [-0.1, -0.05) is 17.7 Å². The van der Waals surface area contributed by atoms with Crippen LogP contribution in [0.4, 0.5) is 23.7 Å². The molecular weight excluding hydrogens is 447 g/mol. The number of amides is 2. The summed E-state index contributed by atoms with van der Waals surface area (Å²) in [5.41, 5.74) is 1.25. The van der Waals surface area contributed by atoms with Gasteiger partial charge < -0.3 is 15.3 Å². The molecule has 2 heterocycles. The normalized spacial score (nSPS) is 14.7. The number of carbonyl (C=O) groups excluding carboxylic acids is 1. The summed E-state index contributed by atoms with van der Waals surface area (Å²) >= 11 is 6.33. The number of carbonyl (C=O) groups is 1. The van der Waals surface area contributed by atoms with Crippen molar-refractivity contribution in [2.75, 3.05) is 18.4 Å². The predicted molar refractivity (Wildman–Crippen MR) is 117 cm³/mol. The lowest BCUT2D eigenvalue weighted by molar-refractivity contribution is -0.137. The molecule has 0 unspecified atom stereocenters. The SMILES string of the molecule is CC(=N)N=C([OH2+])c1cnc(C2=CCN(C(=O)Nc3ccc(C(F)(F)F)cc3)CC2)c(Cl)c1. The fourth-order valence-corrected chi connectivity index (χ4v) is 3.34. The lowest BCUT2D eigenvalue weighted by atomic mass is 10.0. The van der Waals surface area contributed by atoms with Crippen LogP contribution in [0.3, 0.4) is 0 Å². The van der Waals surface area contributed by atoms with Crippen LogP contribution in [0.1, 0.15) is 30.2 Å². The number of alkyl halides is 3. The maximum Gasteiger partial charge on any atom is 0.416 e. The van der Waals surface area contributed by atoms with Gasteiger partial charge in [0.2, 0.25) is 0 Å². The summed E-state index contributed by atoms with van der Waals surface area (Å²) in [5, 5.41) is 18.1. The van der Waals surface area contributed by atoms with Crippen molar-refractivity contribution in [2.24, 2.45) is 4.99 Å². The Bertz CT molecular complexity index is 1100.